The van der Waals surface area contributed by atoms with Gasteiger partial charge in [0.1, 0.15) is 0 Å². The maximum absolute atomic E-state index is 3.20. The highest BCUT2D eigenvalue weighted by Gasteiger charge is 2.32. The van der Waals surface area contributed by atoms with Gasteiger partial charge in [-0.2, -0.15) is 0 Å². The van der Waals surface area contributed by atoms with Crippen molar-refractivity contribution in [1.29, 1.82) is 0 Å². The number of benzene rings is 1. The molecule has 2 rings (SSSR count). The summed E-state index contributed by atoms with van der Waals surface area (Å²) in [5.41, 5.74) is 4.49. The van der Waals surface area contributed by atoms with Crippen molar-refractivity contribution in [2.75, 3.05) is 18.5 Å². The summed E-state index contributed by atoms with van der Waals surface area (Å²) in [5.74, 6) is 0. The van der Waals surface area contributed by atoms with Crippen LogP contribution in [0.1, 0.15) is 37.8 Å². The van der Waals surface area contributed by atoms with Gasteiger partial charge in [0.25, 0.3) is 0 Å². The molecule has 0 unspecified atom stereocenters. The minimum Gasteiger partial charge on any atom is -0.366 e. The van der Waals surface area contributed by atoms with E-state index in [4.69, 9.17) is 0 Å². The maximum Gasteiger partial charge on any atom is 0.0400 e. The molecule has 0 radical (unpaired) electrons. The molecule has 2 heteroatoms. The third-order valence-electron chi connectivity index (χ3n) is 3.83. The number of aryl methyl sites for hydroxylation is 1. The molecule has 0 aromatic heterocycles. The van der Waals surface area contributed by atoms with E-state index in [1.54, 1.807) is 0 Å². The Kier molecular flexibility index (Phi) is 3.43. The van der Waals surface area contributed by atoms with E-state index in [1.165, 1.54) is 36.2 Å². The van der Waals surface area contributed by atoms with Crippen LogP contribution in [0.2, 0.25) is 0 Å². The van der Waals surface area contributed by atoms with Crippen molar-refractivity contribution in [3.8, 4) is 0 Å². The molecule has 1 fully saturated rings. The van der Waals surface area contributed by atoms with Gasteiger partial charge in [0.2, 0.25) is 0 Å². The largest absolute Gasteiger partial charge is 0.366 e. The second-order valence-corrected chi connectivity index (χ2v) is 5.72. The maximum atomic E-state index is 3.20. The van der Waals surface area contributed by atoms with E-state index < -0.39 is 0 Å². The first-order valence-corrected chi connectivity index (χ1v) is 6.56. The summed E-state index contributed by atoms with van der Waals surface area (Å²) in [6.07, 6.45) is 2.61. The third kappa shape index (κ3) is 2.47. The van der Waals surface area contributed by atoms with E-state index in [-0.39, 0.29) is 0 Å². The first-order valence-electron chi connectivity index (χ1n) is 6.56. The number of nitrogens with one attached hydrogen (secondary N) is 1. The van der Waals surface area contributed by atoms with Gasteiger partial charge in [-0.1, -0.05) is 12.1 Å². The zero-order chi connectivity index (χ0) is 12.5. The summed E-state index contributed by atoms with van der Waals surface area (Å²) in [5, 5.41) is 3.20. The van der Waals surface area contributed by atoms with E-state index >= 15 is 0 Å². The molecular weight excluding hydrogens is 208 g/mol. The summed E-state index contributed by atoms with van der Waals surface area (Å²) >= 11 is 0. The van der Waals surface area contributed by atoms with Crippen LogP contribution in [0, 0.1) is 6.92 Å². The second-order valence-electron chi connectivity index (χ2n) is 5.72. The lowest BCUT2D eigenvalue weighted by Crippen LogP contribution is -2.38. The Morgan fingerprint density at radius 1 is 1.35 bits per heavy atom. The van der Waals surface area contributed by atoms with Crippen LogP contribution < -0.4 is 10.2 Å². The van der Waals surface area contributed by atoms with Gasteiger partial charge in [-0.3, -0.25) is 0 Å². The zero-order valence-electron chi connectivity index (χ0n) is 11.5. The summed E-state index contributed by atoms with van der Waals surface area (Å²) < 4.78 is 0. The van der Waals surface area contributed by atoms with Crippen LogP contribution in [0.3, 0.4) is 0 Å². The molecule has 1 aliphatic rings. The highest BCUT2D eigenvalue weighted by atomic mass is 15.2. The SMILES string of the molecule is CNCc1ccc(N2CCCC2(C)C)c(C)c1. The summed E-state index contributed by atoms with van der Waals surface area (Å²) in [4.78, 5) is 2.56. The Bertz CT molecular complexity index is 396. The fourth-order valence-corrected chi connectivity index (χ4v) is 2.89. The van der Waals surface area contributed by atoms with Crippen LogP contribution in [-0.2, 0) is 6.54 Å². The van der Waals surface area contributed by atoms with Gasteiger partial charge in [-0.15, -0.1) is 0 Å². The minimum atomic E-state index is 0.315. The van der Waals surface area contributed by atoms with E-state index in [9.17, 15) is 0 Å². The van der Waals surface area contributed by atoms with Gasteiger partial charge >= 0.3 is 0 Å². The Labute approximate surface area is 105 Å². The quantitative estimate of drug-likeness (QED) is 0.861. The molecule has 1 aliphatic heterocycles. The van der Waals surface area contributed by atoms with Gasteiger partial charge in [-0.25, -0.2) is 0 Å². The van der Waals surface area contributed by atoms with Crippen LogP contribution >= 0.6 is 0 Å². The molecule has 1 aromatic rings. The van der Waals surface area contributed by atoms with E-state index in [0.29, 0.717) is 5.54 Å². The number of rotatable bonds is 3. The normalized spacial score (nSPS) is 18.7. The molecule has 0 saturated carbocycles. The van der Waals surface area contributed by atoms with Crippen LogP contribution in [0.4, 0.5) is 5.69 Å². The van der Waals surface area contributed by atoms with Gasteiger partial charge in [-0.05, 0) is 57.9 Å². The number of anilines is 1. The Morgan fingerprint density at radius 3 is 2.65 bits per heavy atom. The van der Waals surface area contributed by atoms with Crippen LogP contribution in [-0.4, -0.2) is 19.1 Å². The molecule has 17 heavy (non-hydrogen) atoms. The average molecular weight is 232 g/mol. The second kappa shape index (κ2) is 4.69. The van der Waals surface area contributed by atoms with Gasteiger partial charge in [0.15, 0.2) is 0 Å². The van der Waals surface area contributed by atoms with Crippen molar-refractivity contribution in [3.05, 3.63) is 29.3 Å². The van der Waals surface area contributed by atoms with Crippen molar-refractivity contribution in [2.24, 2.45) is 0 Å². The predicted octanol–water partition coefficient (Wildman–Crippen LogP) is 3.09. The van der Waals surface area contributed by atoms with Crippen molar-refractivity contribution in [2.45, 2.75) is 45.7 Å². The minimum absolute atomic E-state index is 0.315. The van der Waals surface area contributed by atoms with E-state index in [2.05, 4.69) is 49.2 Å². The summed E-state index contributed by atoms with van der Waals surface area (Å²) in [6, 6.07) is 6.84. The first kappa shape index (κ1) is 12.4. The smallest absolute Gasteiger partial charge is 0.0400 e. The molecule has 1 aromatic carbocycles. The molecule has 1 N–H and O–H groups in total. The highest BCUT2D eigenvalue weighted by molar-refractivity contribution is 5.57. The molecule has 94 valence electrons. The molecule has 0 atom stereocenters. The van der Waals surface area contributed by atoms with E-state index in [0.717, 1.165) is 6.54 Å². The molecule has 0 bridgehead atoms. The average Bonchev–Trinajstić information content (AvgIpc) is 2.59. The molecule has 0 spiro atoms. The monoisotopic (exact) mass is 232 g/mol. The lowest BCUT2D eigenvalue weighted by Gasteiger charge is -2.35. The molecule has 0 amide bonds. The van der Waals surface area contributed by atoms with Crippen molar-refractivity contribution < 1.29 is 0 Å². The fourth-order valence-electron chi connectivity index (χ4n) is 2.89. The van der Waals surface area contributed by atoms with Gasteiger partial charge in [0.05, 0.1) is 0 Å². The number of hydrogen-bond acceptors (Lipinski definition) is 2. The van der Waals surface area contributed by atoms with Crippen molar-refractivity contribution >= 4 is 5.69 Å². The van der Waals surface area contributed by atoms with Crippen LogP contribution in [0.5, 0.6) is 0 Å². The Balaban J connectivity index is 2.27. The molecular formula is C15H24N2. The van der Waals surface area contributed by atoms with Crippen LogP contribution in [0.25, 0.3) is 0 Å². The number of hydrogen-bond donors (Lipinski definition) is 1. The molecule has 2 nitrogen and oxygen atoms in total. The topological polar surface area (TPSA) is 15.3 Å². The standard InChI is InChI=1S/C15H24N2/c1-12-10-13(11-16-4)6-7-14(12)17-9-5-8-15(17,2)3/h6-7,10,16H,5,8-9,11H2,1-4H3. The summed E-state index contributed by atoms with van der Waals surface area (Å²) in [7, 11) is 1.99. The third-order valence-corrected chi connectivity index (χ3v) is 3.83. The highest BCUT2D eigenvalue weighted by Crippen LogP contribution is 2.35. The lowest BCUT2D eigenvalue weighted by molar-refractivity contribution is 0.517. The first-order chi connectivity index (χ1) is 8.04. The Morgan fingerprint density at radius 2 is 2.12 bits per heavy atom. The molecule has 1 saturated heterocycles. The lowest BCUT2D eigenvalue weighted by atomic mass is 10.00. The fraction of sp³-hybridized carbons (Fsp3) is 0.600. The molecule has 1 heterocycles. The molecule has 0 aliphatic carbocycles. The van der Waals surface area contributed by atoms with Crippen LogP contribution in [0.15, 0.2) is 18.2 Å². The summed E-state index contributed by atoms with van der Waals surface area (Å²) in [6.45, 7) is 9.06. The zero-order valence-corrected chi connectivity index (χ0v) is 11.5. The van der Waals surface area contributed by atoms with Gasteiger partial charge in [0, 0.05) is 24.3 Å². The van der Waals surface area contributed by atoms with Crippen molar-refractivity contribution in [3.63, 3.8) is 0 Å². The van der Waals surface area contributed by atoms with E-state index in [1.807, 2.05) is 7.05 Å². The van der Waals surface area contributed by atoms with Crippen molar-refractivity contribution in [1.82, 2.24) is 5.32 Å². The Hall–Kier alpha value is -1.02. The number of nitrogens with zero attached hydrogens (tertiary/aromatic N) is 1. The van der Waals surface area contributed by atoms with Gasteiger partial charge < -0.3 is 10.2 Å². The predicted molar refractivity (Wildman–Crippen MR) is 74.6 cm³/mol.